The quantitative estimate of drug-likeness (QED) is 0.0599. The predicted molar refractivity (Wildman–Crippen MR) is 145 cm³/mol. The number of hydrogen-bond donors (Lipinski definition) is 7. The predicted octanol–water partition coefficient (Wildman–Crippen LogP) is -3.11. The van der Waals surface area contributed by atoms with Gasteiger partial charge in [0, 0.05) is 6.07 Å². The molecule has 9 N–H and O–H groups in total. The average molecular weight is 679 g/mol. The van der Waals surface area contributed by atoms with Crippen molar-refractivity contribution in [3.8, 4) is 0 Å². The molecule has 2 aliphatic rings. The van der Waals surface area contributed by atoms with Gasteiger partial charge in [-0.2, -0.15) is 4.57 Å². The van der Waals surface area contributed by atoms with Gasteiger partial charge in [0.1, 0.15) is 47.4 Å². The Bertz CT molecular complexity index is 1630. The number of thiocarbonyl (C=S) groups is 1. The molecule has 0 aliphatic carbocycles. The number of nitrogen functional groups attached to an aromatic ring is 1. The van der Waals surface area contributed by atoms with E-state index in [1.165, 1.54) is 33.9 Å². The minimum Gasteiger partial charge on any atom is -0.756 e. The fourth-order valence-corrected chi connectivity index (χ4v) is 7.05. The highest BCUT2D eigenvalue weighted by Gasteiger charge is 2.52. The van der Waals surface area contributed by atoms with Crippen LogP contribution in [0.5, 0.6) is 0 Å². The van der Waals surface area contributed by atoms with Crippen molar-refractivity contribution >= 4 is 49.8 Å². The zero-order chi connectivity index (χ0) is 32.0. The molecule has 23 heteroatoms. The summed E-state index contributed by atoms with van der Waals surface area (Å²) in [5, 5.41) is 41.4. The van der Waals surface area contributed by atoms with Gasteiger partial charge in [-0.1, -0.05) is 12.2 Å². The molecule has 5 heterocycles. The van der Waals surface area contributed by atoms with Gasteiger partial charge < -0.3 is 55.7 Å². The van der Waals surface area contributed by atoms with E-state index >= 15 is 0 Å². The average Bonchev–Trinajstić information content (AvgIpc) is 3.61. The molecule has 0 amide bonds. The Balaban J connectivity index is 1.22. The number of phosphoric acid groups is 2. The molecule has 2 fully saturated rings. The van der Waals surface area contributed by atoms with Crippen molar-refractivity contribution in [3.05, 3.63) is 42.7 Å². The van der Waals surface area contributed by atoms with Gasteiger partial charge in [-0.15, -0.1) is 0 Å². The van der Waals surface area contributed by atoms with Crippen molar-refractivity contribution in [3.63, 3.8) is 0 Å². The number of nitrogens with two attached hydrogens (primary N) is 2. The van der Waals surface area contributed by atoms with Crippen molar-refractivity contribution < 1.29 is 66.7 Å². The minimum absolute atomic E-state index is 0.0324. The monoisotopic (exact) mass is 679 g/mol. The number of hydrogen-bond acceptors (Lipinski definition) is 17. The number of imidazole rings is 1. The third kappa shape index (κ3) is 6.66. The first-order valence-electron chi connectivity index (χ1n) is 12.6. The largest absolute Gasteiger partial charge is 0.756 e. The molecule has 2 aliphatic heterocycles. The highest BCUT2D eigenvalue weighted by atomic mass is 32.1. The van der Waals surface area contributed by atoms with E-state index in [-0.39, 0.29) is 22.0 Å². The van der Waals surface area contributed by atoms with E-state index < -0.39 is 77.9 Å². The number of ether oxygens (including phenoxy) is 2. The maximum Gasteiger partial charge on any atom is 0.478 e. The smallest absolute Gasteiger partial charge is 0.478 e. The number of pyridine rings is 1. The first kappa shape index (κ1) is 32.8. The highest BCUT2D eigenvalue weighted by molar-refractivity contribution is 7.80. The van der Waals surface area contributed by atoms with Crippen LogP contribution in [0.1, 0.15) is 18.0 Å². The highest BCUT2D eigenvalue weighted by Crippen LogP contribution is 2.59. The molecule has 0 bridgehead atoms. The van der Waals surface area contributed by atoms with Crippen LogP contribution in [-0.4, -0.2) is 99.7 Å². The van der Waals surface area contributed by atoms with Gasteiger partial charge in [0.05, 0.1) is 25.1 Å². The number of rotatable bonds is 11. The van der Waals surface area contributed by atoms with Gasteiger partial charge in [0.2, 0.25) is 0 Å². The SMILES string of the molecule is NC(=S)c1ccc[n+](C2OC(CO)C(OP(=O)([O-])OP(=O)(O)OCC3OC(n4cnc5c(N)ncnc54)C(O)C3O)C2O)c1. The zero-order valence-corrected chi connectivity index (χ0v) is 24.8. The molecule has 3 aromatic heterocycles. The molecule has 0 saturated carbocycles. The van der Waals surface area contributed by atoms with Gasteiger partial charge in [-0.25, -0.2) is 23.8 Å². The van der Waals surface area contributed by atoms with E-state index in [0.29, 0.717) is 5.56 Å². The van der Waals surface area contributed by atoms with Gasteiger partial charge in [0.25, 0.3) is 14.1 Å². The van der Waals surface area contributed by atoms with Crippen molar-refractivity contribution in [2.45, 2.75) is 49.1 Å². The normalized spacial score (nSPS) is 31.6. The third-order valence-electron chi connectivity index (χ3n) is 6.74. The maximum atomic E-state index is 12.6. The molecule has 10 atom stereocenters. The lowest BCUT2D eigenvalue weighted by Crippen LogP contribution is -2.46. The molecule has 44 heavy (non-hydrogen) atoms. The summed E-state index contributed by atoms with van der Waals surface area (Å²) >= 11 is 4.92. The fourth-order valence-electron chi connectivity index (χ4n) is 4.68. The Morgan fingerprint density at radius 1 is 1.16 bits per heavy atom. The van der Waals surface area contributed by atoms with E-state index in [1.54, 1.807) is 6.07 Å². The number of aliphatic hydroxyl groups is 4. The summed E-state index contributed by atoms with van der Waals surface area (Å²) in [5.74, 6) is 0.0472. The van der Waals surface area contributed by atoms with Crippen molar-refractivity contribution in [1.29, 1.82) is 0 Å². The van der Waals surface area contributed by atoms with E-state index in [0.717, 1.165) is 6.33 Å². The van der Waals surface area contributed by atoms with Crippen LogP contribution in [0.4, 0.5) is 5.82 Å². The molecule has 20 nitrogen and oxygen atoms in total. The topological polar surface area (TPSA) is 304 Å². The van der Waals surface area contributed by atoms with Gasteiger partial charge >= 0.3 is 7.82 Å². The van der Waals surface area contributed by atoms with E-state index in [4.69, 9.17) is 42.2 Å². The third-order valence-corrected chi connectivity index (χ3v) is 9.58. The Hall–Kier alpha value is -2.59. The fraction of sp³-hybridized carbons (Fsp3) is 0.476. The van der Waals surface area contributed by atoms with E-state index in [1.807, 2.05) is 0 Å². The molecule has 0 aromatic carbocycles. The molecule has 5 rings (SSSR count). The molecule has 10 unspecified atom stereocenters. The first-order valence-corrected chi connectivity index (χ1v) is 16.0. The summed E-state index contributed by atoms with van der Waals surface area (Å²) in [6, 6.07) is 3.11. The zero-order valence-electron chi connectivity index (χ0n) is 22.2. The summed E-state index contributed by atoms with van der Waals surface area (Å²) in [5.41, 5.74) is 12.1. The van der Waals surface area contributed by atoms with Crippen LogP contribution in [0.25, 0.3) is 11.2 Å². The van der Waals surface area contributed by atoms with Crippen molar-refractivity contribution in [2.75, 3.05) is 18.9 Å². The lowest BCUT2D eigenvalue weighted by atomic mass is 10.1. The second-order valence-corrected chi connectivity index (χ2v) is 13.0. The van der Waals surface area contributed by atoms with Crippen LogP contribution in [0.3, 0.4) is 0 Å². The molecular weight excluding hydrogens is 652 g/mol. The Morgan fingerprint density at radius 3 is 2.61 bits per heavy atom. The van der Waals surface area contributed by atoms with Crippen molar-refractivity contribution in [2.24, 2.45) is 5.73 Å². The molecule has 0 radical (unpaired) electrons. The second-order valence-electron chi connectivity index (χ2n) is 9.63. The van der Waals surface area contributed by atoms with Crippen LogP contribution in [0.15, 0.2) is 37.2 Å². The lowest BCUT2D eigenvalue weighted by Gasteiger charge is -2.29. The molecule has 0 spiro atoms. The number of anilines is 1. The molecular formula is C21H27N7O13P2S. The lowest BCUT2D eigenvalue weighted by molar-refractivity contribution is -0.765. The molecule has 240 valence electrons. The van der Waals surface area contributed by atoms with Gasteiger partial charge in [-0.3, -0.25) is 13.7 Å². The van der Waals surface area contributed by atoms with E-state index in [2.05, 4.69) is 19.3 Å². The number of fused-ring (bicyclic) bond motifs is 1. The Kier molecular flexibility index (Phi) is 9.44. The van der Waals surface area contributed by atoms with Gasteiger partial charge in [0.15, 0.2) is 36.2 Å². The number of aromatic nitrogens is 5. The molecule has 3 aromatic rings. The summed E-state index contributed by atoms with van der Waals surface area (Å²) in [4.78, 5) is 34.6. The number of nitrogens with zero attached hydrogens (tertiary/aromatic N) is 5. The van der Waals surface area contributed by atoms with Crippen molar-refractivity contribution in [1.82, 2.24) is 19.5 Å². The van der Waals surface area contributed by atoms with Gasteiger partial charge in [-0.05, 0) is 6.07 Å². The standard InChI is InChI=1S/C21H27N7O13P2S/c22-17-12-19(25-7-24-17)28(8-26-12)21-14(31)13(30)11(39-21)6-37-42(33,34)41-43(35,36)40-16-10(5-29)38-20(15(16)32)27-3-1-2-9(4-27)18(23)44/h1-4,7-8,10-11,13-16,20-21,29-32H,5-6H2,(H5-,22,23,24,25,33,34,35,36,44). The van der Waals surface area contributed by atoms with Crippen LogP contribution in [-0.2, 0) is 32.0 Å². The minimum atomic E-state index is -5.75. The Labute approximate surface area is 252 Å². The summed E-state index contributed by atoms with van der Waals surface area (Å²) in [6.07, 6.45) is -7.01. The first-order chi connectivity index (χ1) is 20.7. The molecule has 2 saturated heterocycles. The van der Waals surface area contributed by atoms with E-state index in [9.17, 15) is 39.3 Å². The van der Waals surface area contributed by atoms with Crippen LogP contribution in [0.2, 0.25) is 0 Å². The van der Waals surface area contributed by atoms with Crippen LogP contribution < -0.4 is 20.9 Å². The Morgan fingerprint density at radius 2 is 1.91 bits per heavy atom. The summed E-state index contributed by atoms with van der Waals surface area (Å²) in [7, 11) is -11.2. The van der Waals surface area contributed by atoms with Crippen LogP contribution >= 0.6 is 27.9 Å². The number of phosphoric ester groups is 2. The second kappa shape index (κ2) is 12.7. The summed E-state index contributed by atoms with van der Waals surface area (Å²) < 4.78 is 52.6. The van der Waals surface area contributed by atoms with Crippen LogP contribution in [0, 0.1) is 0 Å². The number of aliphatic hydroxyl groups excluding tert-OH is 4. The maximum absolute atomic E-state index is 12.6. The summed E-state index contributed by atoms with van der Waals surface area (Å²) in [6.45, 7) is -1.75.